The van der Waals surface area contributed by atoms with Gasteiger partial charge in [0.25, 0.3) is 0 Å². The summed E-state index contributed by atoms with van der Waals surface area (Å²) in [5, 5.41) is 0. The van der Waals surface area contributed by atoms with Crippen LogP contribution in [0.5, 0.6) is 0 Å². The molecule has 2 aromatic heterocycles. The van der Waals surface area contributed by atoms with Crippen LogP contribution >= 0.6 is 0 Å². The molecule has 0 unspecified atom stereocenters. The average Bonchev–Trinajstić information content (AvgIpc) is 3.55. The molecule has 0 N–H and O–H groups in total. The van der Waals surface area contributed by atoms with Crippen molar-refractivity contribution in [1.82, 2.24) is 24.5 Å². The molecule has 0 amide bonds. The highest BCUT2D eigenvalue weighted by Crippen LogP contribution is 2.45. The van der Waals surface area contributed by atoms with E-state index in [2.05, 4.69) is 79.1 Å². The first-order valence-electron chi connectivity index (χ1n) is 14.2. The van der Waals surface area contributed by atoms with Crippen LogP contribution in [0.4, 0.5) is 0 Å². The van der Waals surface area contributed by atoms with Gasteiger partial charge in [0.1, 0.15) is 5.82 Å². The zero-order valence-corrected chi connectivity index (χ0v) is 23.4. The summed E-state index contributed by atoms with van der Waals surface area (Å²) < 4.78 is 2.31. The third kappa shape index (κ3) is 3.85. The Morgan fingerprint density at radius 2 is 1.02 bits per heavy atom. The van der Waals surface area contributed by atoms with Crippen LogP contribution in [0.3, 0.4) is 0 Å². The molecule has 0 saturated heterocycles. The number of benzene rings is 5. The van der Waals surface area contributed by atoms with Crippen LogP contribution in [0.15, 0.2) is 127 Å². The van der Waals surface area contributed by atoms with Crippen molar-refractivity contribution in [3.63, 3.8) is 0 Å². The average molecular weight is 542 g/mol. The Morgan fingerprint density at radius 3 is 1.71 bits per heavy atom. The van der Waals surface area contributed by atoms with Crippen LogP contribution in [0.25, 0.3) is 62.0 Å². The largest absolute Gasteiger partial charge is 0.295 e. The van der Waals surface area contributed by atoms with Crippen molar-refractivity contribution in [2.24, 2.45) is 0 Å². The molecule has 1 aliphatic heterocycles. The Balaban J connectivity index is 1.24. The maximum atomic E-state index is 5.02. The Hall–Kier alpha value is -5.42. The standard InChI is InChI=1S/C37H27N5/c1-37(2)29-23-27(20-21-31(29)42-32-19-10-9-18-30(32)38-36(37)42)26-16-11-17-28(22-26)35-40-33(24-12-5-3-6-13-24)39-34(41-35)25-14-7-4-8-15-25/h3-23H,1-2H3. The van der Waals surface area contributed by atoms with E-state index in [1.807, 2.05) is 66.7 Å². The second-order valence-corrected chi connectivity index (χ2v) is 11.2. The molecular formula is C37H27N5. The maximum Gasteiger partial charge on any atom is 0.164 e. The molecule has 0 spiro atoms. The lowest BCUT2D eigenvalue weighted by atomic mass is 9.84. The van der Waals surface area contributed by atoms with Gasteiger partial charge >= 0.3 is 0 Å². The number of hydrogen-bond acceptors (Lipinski definition) is 4. The van der Waals surface area contributed by atoms with Crippen molar-refractivity contribution >= 4 is 11.0 Å². The van der Waals surface area contributed by atoms with Crippen molar-refractivity contribution in [3.8, 4) is 51.0 Å². The Labute approximate surface area is 244 Å². The molecule has 5 aromatic carbocycles. The minimum atomic E-state index is -0.217. The first kappa shape index (κ1) is 24.4. The van der Waals surface area contributed by atoms with E-state index in [0.717, 1.165) is 44.7 Å². The highest BCUT2D eigenvalue weighted by atomic mass is 15.1. The first-order valence-corrected chi connectivity index (χ1v) is 14.2. The van der Waals surface area contributed by atoms with Crippen LogP contribution in [-0.2, 0) is 5.41 Å². The van der Waals surface area contributed by atoms with Crippen LogP contribution in [0, 0.1) is 0 Å². The number of aromatic nitrogens is 5. The number of hydrogen-bond donors (Lipinski definition) is 0. The molecule has 200 valence electrons. The summed E-state index contributed by atoms with van der Waals surface area (Å²) in [7, 11) is 0. The molecule has 7 aromatic rings. The normalized spacial score (nSPS) is 13.2. The van der Waals surface area contributed by atoms with Gasteiger partial charge in [0.2, 0.25) is 0 Å². The van der Waals surface area contributed by atoms with Gasteiger partial charge in [-0.3, -0.25) is 4.57 Å². The fraction of sp³-hybridized carbons (Fsp3) is 0.0811. The lowest BCUT2D eigenvalue weighted by Crippen LogP contribution is -2.16. The lowest BCUT2D eigenvalue weighted by molar-refractivity contribution is 0.621. The Bertz CT molecular complexity index is 2050. The van der Waals surface area contributed by atoms with Crippen molar-refractivity contribution in [3.05, 3.63) is 139 Å². The van der Waals surface area contributed by atoms with E-state index in [0.29, 0.717) is 17.5 Å². The lowest BCUT2D eigenvalue weighted by Gasteiger charge is -2.18. The minimum Gasteiger partial charge on any atom is -0.295 e. The van der Waals surface area contributed by atoms with E-state index in [1.165, 1.54) is 11.3 Å². The molecular weight excluding hydrogens is 514 g/mol. The van der Waals surface area contributed by atoms with Crippen molar-refractivity contribution < 1.29 is 0 Å². The molecule has 5 nitrogen and oxygen atoms in total. The molecule has 0 radical (unpaired) electrons. The monoisotopic (exact) mass is 541 g/mol. The molecule has 0 fully saturated rings. The second-order valence-electron chi connectivity index (χ2n) is 11.2. The summed E-state index contributed by atoms with van der Waals surface area (Å²) in [5.74, 6) is 3.05. The van der Waals surface area contributed by atoms with Crippen LogP contribution in [0.1, 0.15) is 25.2 Å². The summed E-state index contributed by atoms with van der Waals surface area (Å²) in [4.78, 5) is 19.7. The van der Waals surface area contributed by atoms with Gasteiger partial charge in [0, 0.05) is 16.7 Å². The molecule has 8 rings (SSSR count). The highest BCUT2D eigenvalue weighted by molar-refractivity contribution is 5.83. The van der Waals surface area contributed by atoms with E-state index < -0.39 is 0 Å². The number of rotatable bonds is 4. The van der Waals surface area contributed by atoms with Gasteiger partial charge < -0.3 is 0 Å². The minimum absolute atomic E-state index is 0.217. The quantitative estimate of drug-likeness (QED) is 0.224. The molecule has 0 aliphatic carbocycles. The molecule has 42 heavy (non-hydrogen) atoms. The van der Waals surface area contributed by atoms with Crippen molar-refractivity contribution in [1.29, 1.82) is 0 Å². The summed E-state index contributed by atoms with van der Waals surface area (Å²) >= 11 is 0. The zero-order chi connectivity index (χ0) is 28.3. The molecule has 0 atom stereocenters. The third-order valence-corrected chi connectivity index (χ3v) is 8.18. The number of nitrogens with zero attached hydrogens (tertiary/aromatic N) is 5. The smallest absolute Gasteiger partial charge is 0.164 e. The van der Waals surface area contributed by atoms with E-state index in [4.69, 9.17) is 19.9 Å². The Morgan fingerprint density at radius 1 is 0.476 bits per heavy atom. The predicted molar refractivity (Wildman–Crippen MR) is 168 cm³/mol. The molecule has 1 aliphatic rings. The number of para-hydroxylation sites is 2. The zero-order valence-electron chi connectivity index (χ0n) is 23.4. The van der Waals surface area contributed by atoms with E-state index >= 15 is 0 Å². The van der Waals surface area contributed by atoms with E-state index in [-0.39, 0.29) is 5.41 Å². The number of fused-ring (bicyclic) bond motifs is 5. The maximum absolute atomic E-state index is 5.02. The fourth-order valence-corrected chi connectivity index (χ4v) is 6.00. The van der Waals surface area contributed by atoms with Gasteiger partial charge in [-0.1, -0.05) is 97.1 Å². The summed E-state index contributed by atoms with van der Waals surface area (Å²) in [6.45, 7) is 4.52. The molecule has 0 bridgehead atoms. The van der Waals surface area contributed by atoms with Crippen molar-refractivity contribution in [2.45, 2.75) is 19.3 Å². The fourth-order valence-electron chi connectivity index (χ4n) is 6.00. The van der Waals surface area contributed by atoms with Crippen LogP contribution in [-0.4, -0.2) is 24.5 Å². The van der Waals surface area contributed by atoms with Gasteiger partial charge in [-0.25, -0.2) is 19.9 Å². The van der Waals surface area contributed by atoms with Gasteiger partial charge in [-0.15, -0.1) is 0 Å². The van der Waals surface area contributed by atoms with Crippen molar-refractivity contribution in [2.75, 3.05) is 0 Å². The summed E-state index contributed by atoms with van der Waals surface area (Å²) in [6, 6.07) is 43.7. The van der Waals surface area contributed by atoms with Crippen LogP contribution < -0.4 is 0 Å². The van der Waals surface area contributed by atoms with Gasteiger partial charge in [-0.05, 0) is 60.9 Å². The first-order chi connectivity index (χ1) is 20.6. The third-order valence-electron chi connectivity index (χ3n) is 8.18. The topological polar surface area (TPSA) is 56.5 Å². The molecule has 5 heteroatoms. The van der Waals surface area contributed by atoms with Crippen LogP contribution in [0.2, 0.25) is 0 Å². The molecule has 3 heterocycles. The SMILES string of the molecule is CC1(C)c2cc(-c3cccc(-c4nc(-c5ccccc5)nc(-c5ccccc5)n4)c3)ccc2-n2c1nc1ccccc12. The second kappa shape index (κ2) is 9.32. The summed E-state index contributed by atoms with van der Waals surface area (Å²) in [5.41, 5.74) is 9.56. The number of imidazole rings is 1. The predicted octanol–water partition coefficient (Wildman–Crippen LogP) is 8.52. The van der Waals surface area contributed by atoms with E-state index in [9.17, 15) is 0 Å². The molecule has 0 saturated carbocycles. The Kier molecular flexibility index (Phi) is 5.41. The van der Waals surface area contributed by atoms with E-state index in [1.54, 1.807) is 0 Å². The summed E-state index contributed by atoms with van der Waals surface area (Å²) in [6.07, 6.45) is 0. The van der Waals surface area contributed by atoms with Gasteiger partial charge in [0.15, 0.2) is 17.5 Å². The highest BCUT2D eigenvalue weighted by Gasteiger charge is 2.39. The van der Waals surface area contributed by atoms with Gasteiger partial charge in [0.05, 0.1) is 22.1 Å². The van der Waals surface area contributed by atoms with Gasteiger partial charge in [-0.2, -0.15) is 0 Å².